The number of nitrogens with one attached hydrogen (secondary N) is 1. The molecule has 0 atom stereocenters. The fraction of sp³-hybridized carbons (Fsp3) is 0.571. The molecule has 1 aromatic carbocycles. The molecule has 0 amide bonds. The lowest BCUT2D eigenvalue weighted by Gasteiger charge is -2.31. The number of hydrogen-bond donors (Lipinski definition) is 2. The maximum Gasteiger partial charge on any atom is 0.242 e. The third-order valence-corrected chi connectivity index (χ3v) is 5.46. The van der Waals surface area contributed by atoms with Crippen molar-refractivity contribution in [2.45, 2.75) is 24.7 Å². The van der Waals surface area contributed by atoms with Crippen molar-refractivity contribution in [1.29, 1.82) is 0 Å². The zero-order valence-electron chi connectivity index (χ0n) is 12.2. The van der Waals surface area contributed by atoms with Gasteiger partial charge in [-0.25, -0.2) is 17.5 Å². The lowest BCUT2D eigenvalue weighted by atomic mass is 9.97. The standard InChI is InChI=1S/C14H22FN3O2S/c1-2-18-7-5-11(6-8-18)10-17-21(19,20)14-9-12(15)3-4-13(14)16/h3-4,9,11,17H,2,5-8,10,16H2,1H3. The van der Waals surface area contributed by atoms with Gasteiger partial charge in [-0.05, 0) is 56.6 Å². The Labute approximate surface area is 125 Å². The van der Waals surface area contributed by atoms with Crippen LogP contribution in [0.4, 0.5) is 10.1 Å². The van der Waals surface area contributed by atoms with Crippen molar-refractivity contribution in [3.63, 3.8) is 0 Å². The molecule has 5 nitrogen and oxygen atoms in total. The normalized spacial score (nSPS) is 18.0. The Morgan fingerprint density at radius 1 is 1.38 bits per heavy atom. The second kappa shape index (κ2) is 6.72. The molecule has 0 aliphatic carbocycles. The van der Waals surface area contributed by atoms with Gasteiger partial charge in [-0.1, -0.05) is 6.92 Å². The van der Waals surface area contributed by atoms with E-state index in [1.165, 1.54) is 6.07 Å². The van der Waals surface area contributed by atoms with E-state index in [-0.39, 0.29) is 10.6 Å². The minimum atomic E-state index is -3.76. The van der Waals surface area contributed by atoms with Crippen LogP contribution in [0, 0.1) is 11.7 Å². The van der Waals surface area contributed by atoms with E-state index in [0.29, 0.717) is 12.5 Å². The monoisotopic (exact) mass is 315 g/mol. The van der Waals surface area contributed by atoms with Crippen LogP contribution in [-0.4, -0.2) is 39.5 Å². The molecule has 21 heavy (non-hydrogen) atoms. The number of nitrogen functional groups attached to an aromatic ring is 1. The van der Waals surface area contributed by atoms with Crippen molar-refractivity contribution in [2.75, 3.05) is 31.9 Å². The number of halogens is 1. The number of sulfonamides is 1. The van der Waals surface area contributed by atoms with Crippen LogP contribution in [0.2, 0.25) is 0 Å². The summed E-state index contributed by atoms with van der Waals surface area (Å²) in [6.07, 6.45) is 1.93. The number of benzene rings is 1. The second-order valence-electron chi connectivity index (χ2n) is 5.41. The first-order chi connectivity index (χ1) is 9.92. The van der Waals surface area contributed by atoms with Crippen molar-refractivity contribution in [3.05, 3.63) is 24.0 Å². The van der Waals surface area contributed by atoms with Crippen molar-refractivity contribution in [1.82, 2.24) is 9.62 Å². The van der Waals surface area contributed by atoms with Crippen LogP contribution in [0.15, 0.2) is 23.1 Å². The first-order valence-corrected chi connectivity index (χ1v) is 8.67. The van der Waals surface area contributed by atoms with Crippen LogP contribution in [0.1, 0.15) is 19.8 Å². The van der Waals surface area contributed by atoms with E-state index in [2.05, 4.69) is 16.5 Å². The number of piperidine rings is 1. The summed E-state index contributed by atoms with van der Waals surface area (Å²) in [5.41, 5.74) is 5.69. The smallest absolute Gasteiger partial charge is 0.242 e. The van der Waals surface area contributed by atoms with Crippen molar-refractivity contribution >= 4 is 15.7 Å². The van der Waals surface area contributed by atoms with Gasteiger partial charge in [0, 0.05) is 6.54 Å². The summed E-state index contributed by atoms with van der Waals surface area (Å²) >= 11 is 0. The maximum atomic E-state index is 13.2. The molecule has 0 saturated carbocycles. The van der Waals surface area contributed by atoms with E-state index in [1.54, 1.807) is 0 Å². The van der Waals surface area contributed by atoms with Crippen LogP contribution >= 0.6 is 0 Å². The molecule has 1 saturated heterocycles. The van der Waals surface area contributed by atoms with Crippen LogP contribution in [0.5, 0.6) is 0 Å². The summed E-state index contributed by atoms with van der Waals surface area (Å²) in [6, 6.07) is 3.37. The first-order valence-electron chi connectivity index (χ1n) is 7.19. The summed E-state index contributed by atoms with van der Waals surface area (Å²) in [7, 11) is -3.76. The van der Waals surface area contributed by atoms with Gasteiger partial charge in [0.05, 0.1) is 5.69 Å². The number of anilines is 1. The molecule has 2 rings (SSSR count). The fourth-order valence-electron chi connectivity index (χ4n) is 2.55. The van der Waals surface area contributed by atoms with E-state index >= 15 is 0 Å². The zero-order chi connectivity index (χ0) is 15.5. The number of rotatable bonds is 5. The Morgan fingerprint density at radius 2 is 2.05 bits per heavy atom. The Hall–Kier alpha value is -1.18. The van der Waals surface area contributed by atoms with Crippen molar-refractivity contribution < 1.29 is 12.8 Å². The van der Waals surface area contributed by atoms with Crippen LogP contribution in [0.3, 0.4) is 0 Å². The molecule has 0 radical (unpaired) electrons. The highest BCUT2D eigenvalue weighted by Crippen LogP contribution is 2.21. The van der Waals surface area contributed by atoms with E-state index in [4.69, 9.17) is 5.73 Å². The highest BCUT2D eigenvalue weighted by atomic mass is 32.2. The van der Waals surface area contributed by atoms with Crippen LogP contribution < -0.4 is 10.5 Å². The number of hydrogen-bond acceptors (Lipinski definition) is 4. The van der Waals surface area contributed by atoms with Gasteiger partial charge in [0.15, 0.2) is 0 Å². The van der Waals surface area contributed by atoms with Crippen molar-refractivity contribution in [2.24, 2.45) is 5.92 Å². The Balaban J connectivity index is 1.97. The molecule has 0 unspecified atom stereocenters. The van der Waals surface area contributed by atoms with Crippen LogP contribution in [-0.2, 0) is 10.0 Å². The third kappa shape index (κ3) is 4.15. The zero-order valence-corrected chi connectivity index (χ0v) is 13.0. The molecule has 7 heteroatoms. The SMILES string of the molecule is CCN1CCC(CNS(=O)(=O)c2cc(F)ccc2N)CC1. The predicted octanol–water partition coefficient (Wildman–Crippen LogP) is 1.42. The molecular formula is C14H22FN3O2S. The summed E-state index contributed by atoms with van der Waals surface area (Å²) in [4.78, 5) is 2.16. The van der Waals surface area contributed by atoms with E-state index in [0.717, 1.165) is 44.6 Å². The average molecular weight is 315 g/mol. The lowest BCUT2D eigenvalue weighted by molar-refractivity contribution is 0.194. The Kier molecular flexibility index (Phi) is 5.18. The van der Waals surface area contributed by atoms with Gasteiger partial charge >= 0.3 is 0 Å². The van der Waals surface area contributed by atoms with E-state index in [1.807, 2.05) is 0 Å². The maximum absolute atomic E-state index is 13.2. The molecule has 1 aliphatic heterocycles. The van der Waals surface area contributed by atoms with Gasteiger partial charge in [0.2, 0.25) is 10.0 Å². The Bertz CT molecular complexity index is 584. The molecule has 1 aromatic rings. The van der Waals surface area contributed by atoms with Gasteiger partial charge in [0.1, 0.15) is 10.7 Å². The van der Waals surface area contributed by atoms with Crippen molar-refractivity contribution in [3.8, 4) is 0 Å². The minimum Gasteiger partial charge on any atom is -0.398 e. The minimum absolute atomic E-state index is 0.0599. The molecule has 0 spiro atoms. The van der Waals surface area contributed by atoms with Crippen LogP contribution in [0.25, 0.3) is 0 Å². The molecule has 3 N–H and O–H groups in total. The van der Waals surface area contributed by atoms with Gasteiger partial charge in [-0.2, -0.15) is 0 Å². The lowest BCUT2D eigenvalue weighted by Crippen LogP contribution is -2.38. The molecule has 1 heterocycles. The summed E-state index contributed by atoms with van der Waals surface area (Å²) in [6.45, 7) is 5.50. The summed E-state index contributed by atoms with van der Waals surface area (Å²) in [5, 5.41) is 0. The molecule has 0 aromatic heterocycles. The second-order valence-corrected chi connectivity index (χ2v) is 7.15. The van der Waals surface area contributed by atoms with Gasteiger partial charge < -0.3 is 10.6 Å². The molecule has 1 fully saturated rings. The average Bonchev–Trinajstić information content (AvgIpc) is 2.48. The molecule has 0 bridgehead atoms. The van der Waals surface area contributed by atoms with Gasteiger partial charge in [-0.3, -0.25) is 0 Å². The Morgan fingerprint density at radius 3 is 2.67 bits per heavy atom. The molecular weight excluding hydrogens is 293 g/mol. The number of nitrogens with zero attached hydrogens (tertiary/aromatic N) is 1. The highest BCUT2D eigenvalue weighted by molar-refractivity contribution is 7.89. The largest absolute Gasteiger partial charge is 0.398 e. The number of nitrogens with two attached hydrogens (primary N) is 1. The van der Waals surface area contributed by atoms with Gasteiger partial charge in [0.25, 0.3) is 0 Å². The van der Waals surface area contributed by atoms with E-state index < -0.39 is 15.8 Å². The molecule has 118 valence electrons. The summed E-state index contributed by atoms with van der Waals surface area (Å²) < 4.78 is 40.2. The van der Waals surface area contributed by atoms with E-state index in [9.17, 15) is 12.8 Å². The topological polar surface area (TPSA) is 75.4 Å². The highest BCUT2D eigenvalue weighted by Gasteiger charge is 2.22. The first kappa shape index (κ1) is 16.2. The third-order valence-electron chi connectivity index (χ3n) is 3.98. The summed E-state index contributed by atoms with van der Waals surface area (Å²) in [5.74, 6) is -0.293. The predicted molar refractivity (Wildman–Crippen MR) is 80.8 cm³/mol. The fourth-order valence-corrected chi connectivity index (χ4v) is 3.81. The van der Waals surface area contributed by atoms with Gasteiger partial charge in [-0.15, -0.1) is 0 Å². The number of likely N-dealkylation sites (tertiary alicyclic amines) is 1. The molecule has 1 aliphatic rings. The quantitative estimate of drug-likeness (QED) is 0.806.